The Labute approximate surface area is 150 Å². The van der Waals surface area contributed by atoms with Crippen LogP contribution in [0.4, 0.5) is 11.8 Å². The van der Waals surface area contributed by atoms with E-state index in [4.69, 9.17) is 9.72 Å². The van der Waals surface area contributed by atoms with Crippen molar-refractivity contribution in [3.63, 3.8) is 0 Å². The summed E-state index contributed by atoms with van der Waals surface area (Å²) in [5.41, 5.74) is 2.03. The quantitative estimate of drug-likeness (QED) is 0.665. The van der Waals surface area contributed by atoms with Gasteiger partial charge in [-0.05, 0) is 19.3 Å². The molecular weight excluding hydrogens is 312 g/mol. The van der Waals surface area contributed by atoms with Crippen molar-refractivity contribution in [3.05, 3.63) is 36.4 Å². The van der Waals surface area contributed by atoms with Crippen LogP contribution in [0.2, 0.25) is 0 Å². The van der Waals surface area contributed by atoms with E-state index in [9.17, 15) is 0 Å². The lowest BCUT2D eigenvalue weighted by Gasteiger charge is -2.13. The molecule has 3 rings (SSSR count). The number of nitrogens with zero attached hydrogens (tertiary/aromatic N) is 2. The van der Waals surface area contributed by atoms with Gasteiger partial charge in [0.1, 0.15) is 5.82 Å². The molecule has 25 heavy (non-hydrogen) atoms. The highest BCUT2D eigenvalue weighted by Gasteiger charge is 2.16. The highest BCUT2D eigenvalue weighted by Crippen LogP contribution is 2.22. The predicted octanol–water partition coefficient (Wildman–Crippen LogP) is 4.34. The molecule has 5 heteroatoms. The van der Waals surface area contributed by atoms with Crippen LogP contribution in [0.1, 0.15) is 39.0 Å². The summed E-state index contributed by atoms with van der Waals surface area (Å²) in [7, 11) is 0. The minimum Gasteiger partial charge on any atom is -0.376 e. The van der Waals surface area contributed by atoms with Crippen LogP contribution < -0.4 is 10.6 Å². The van der Waals surface area contributed by atoms with Crippen molar-refractivity contribution in [2.45, 2.75) is 45.1 Å². The smallest absolute Gasteiger partial charge is 0.225 e. The molecule has 2 heterocycles. The highest BCUT2D eigenvalue weighted by atomic mass is 16.5. The number of nitrogens with one attached hydrogen (secondary N) is 2. The van der Waals surface area contributed by atoms with Crippen molar-refractivity contribution in [2.75, 3.05) is 30.3 Å². The van der Waals surface area contributed by atoms with E-state index >= 15 is 0 Å². The third-order valence-corrected chi connectivity index (χ3v) is 4.39. The van der Waals surface area contributed by atoms with Gasteiger partial charge < -0.3 is 15.4 Å². The van der Waals surface area contributed by atoms with Crippen molar-refractivity contribution in [1.82, 2.24) is 9.97 Å². The molecule has 0 amide bonds. The molecular formula is C20H28N4O. The van der Waals surface area contributed by atoms with Crippen LogP contribution in [0.15, 0.2) is 36.4 Å². The fraction of sp³-hybridized carbons (Fsp3) is 0.500. The number of ether oxygens (including phenoxy) is 1. The zero-order valence-electron chi connectivity index (χ0n) is 15.0. The number of aromatic nitrogens is 2. The van der Waals surface area contributed by atoms with Crippen molar-refractivity contribution in [3.8, 4) is 11.3 Å². The number of hydrogen-bond acceptors (Lipinski definition) is 5. The first kappa shape index (κ1) is 17.7. The van der Waals surface area contributed by atoms with Gasteiger partial charge in [-0.3, -0.25) is 0 Å². The van der Waals surface area contributed by atoms with Gasteiger partial charge in [0.15, 0.2) is 0 Å². The Morgan fingerprint density at radius 2 is 2.00 bits per heavy atom. The van der Waals surface area contributed by atoms with Crippen LogP contribution in [-0.4, -0.2) is 35.8 Å². The third-order valence-electron chi connectivity index (χ3n) is 4.39. The summed E-state index contributed by atoms with van der Waals surface area (Å²) in [6.45, 7) is 4.77. The zero-order valence-corrected chi connectivity index (χ0v) is 15.0. The molecule has 1 unspecified atom stereocenters. The maximum absolute atomic E-state index is 5.68. The van der Waals surface area contributed by atoms with E-state index in [0.29, 0.717) is 5.95 Å². The molecule has 1 fully saturated rings. The second kappa shape index (κ2) is 9.37. The van der Waals surface area contributed by atoms with Gasteiger partial charge in [-0.2, -0.15) is 4.98 Å². The summed E-state index contributed by atoms with van der Waals surface area (Å²) < 4.78 is 5.68. The van der Waals surface area contributed by atoms with E-state index in [1.807, 2.05) is 24.3 Å². The Morgan fingerprint density at radius 3 is 2.76 bits per heavy atom. The first-order chi connectivity index (χ1) is 12.3. The summed E-state index contributed by atoms with van der Waals surface area (Å²) in [5, 5.41) is 6.79. The molecule has 2 N–H and O–H groups in total. The normalized spacial score (nSPS) is 16.8. The lowest BCUT2D eigenvalue weighted by atomic mass is 10.1. The lowest BCUT2D eigenvalue weighted by molar-refractivity contribution is 0.120. The van der Waals surface area contributed by atoms with E-state index in [0.717, 1.165) is 56.0 Å². The molecule has 0 aliphatic carbocycles. The monoisotopic (exact) mass is 340 g/mol. The Bertz CT molecular complexity index is 641. The molecule has 0 bridgehead atoms. The van der Waals surface area contributed by atoms with Crippen LogP contribution in [0.25, 0.3) is 11.3 Å². The van der Waals surface area contributed by atoms with Crippen LogP contribution in [0.3, 0.4) is 0 Å². The Morgan fingerprint density at radius 1 is 1.12 bits per heavy atom. The first-order valence-corrected chi connectivity index (χ1v) is 9.39. The summed E-state index contributed by atoms with van der Waals surface area (Å²) >= 11 is 0. The maximum atomic E-state index is 5.68. The predicted molar refractivity (Wildman–Crippen MR) is 103 cm³/mol. The van der Waals surface area contributed by atoms with Gasteiger partial charge in [0, 0.05) is 31.3 Å². The molecule has 2 aromatic rings. The maximum Gasteiger partial charge on any atom is 0.225 e. The van der Waals surface area contributed by atoms with Gasteiger partial charge in [0.2, 0.25) is 5.95 Å². The van der Waals surface area contributed by atoms with Gasteiger partial charge >= 0.3 is 0 Å². The zero-order chi connectivity index (χ0) is 17.3. The van der Waals surface area contributed by atoms with Crippen molar-refractivity contribution in [1.29, 1.82) is 0 Å². The summed E-state index contributed by atoms with van der Waals surface area (Å²) in [5.74, 6) is 1.54. The van der Waals surface area contributed by atoms with E-state index in [-0.39, 0.29) is 6.10 Å². The average molecular weight is 340 g/mol. The SMILES string of the molecule is CCCCCNc1cc(-c2ccccc2)nc(NCC2CCCO2)n1. The molecule has 1 aromatic carbocycles. The minimum atomic E-state index is 0.268. The molecule has 1 atom stereocenters. The molecule has 1 aromatic heterocycles. The molecule has 0 spiro atoms. The molecule has 0 radical (unpaired) electrons. The van der Waals surface area contributed by atoms with Gasteiger partial charge in [-0.1, -0.05) is 50.1 Å². The number of anilines is 2. The van der Waals surface area contributed by atoms with Gasteiger partial charge in [-0.15, -0.1) is 0 Å². The van der Waals surface area contributed by atoms with Crippen LogP contribution in [0, 0.1) is 0 Å². The third kappa shape index (κ3) is 5.43. The average Bonchev–Trinajstić information content (AvgIpc) is 3.18. The Kier molecular flexibility index (Phi) is 6.63. The van der Waals surface area contributed by atoms with Crippen LogP contribution in [0.5, 0.6) is 0 Å². The van der Waals surface area contributed by atoms with Crippen molar-refractivity contribution in [2.24, 2.45) is 0 Å². The van der Waals surface area contributed by atoms with Crippen LogP contribution >= 0.6 is 0 Å². The van der Waals surface area contributed by atoms with E-state index in [2.05, 4.69) is 34.7 Å². The number of unbranched alkanes of at least 4 members (excludes halogenated alkanes) is 2. The van der Waals surface area contributed by atoms with E-state index < -0.39 is 0 Å². The fourth-order valence-electron chi connectivity index (χ4n) is 2.98. The molecule has 134 valence electrons. The molecule has 1 saturated heterocycles. The lowest BCUT2D eigenvalue weighted by Crippen LogP contribution is -2.20. The molecule has 0 saturated carbocycles. The number of benzene rings is 1. The Hall–Kier alpha value is -2.14. The molecule has 1 aliphatic rings. The van der Waals surface area contributed by atoms with Crippen molar-refractivity contribution < 1.29 is 4.74 Å². The fourth-order valence-corrected chi connectivity index (χ4v) is 2.98. The minimum absolute atomic E-state index is 0.268. The largest absolute Gasteiger partial charge is 0.376 e. The molecule has 1 aliphatic heterocycles. The van der Waals surface area contributed by atoms with Gasteiger partial charge in [-0.25, -0.2) is 4.98 Å². The second-order valence-corrected chi connectivity index (χ2v) is 6.48. The van der Waals surface area contributed by atoms with E-state index in [1.54, 1.807) is 0 Å². The highest BCUT2D eigenvalue weighted by molar-refractivity contribution is 5.64. The standard InChI is InChI=1S/C20H28N4O/c1-2-3-7-12-21-19-14-18(16-9-5-4-6-10-16)23-20(24-19)22-15-17-11-8-13-25-17/h4-6,9-10,14,17H,2-3,7-8,11-13,15H2,1H3,(H2,21,22,23,24). The van der Waals surface area contributed by atoms with Crippen molar-refractivity contribution >= 4 is 11.8 Å². The number of rotatable bonds is 9. The topological polar surface area (TPSA) is 59.1 Å². The molecule has 5 nitrogen and oxygen atoms in total. The number of hydrogen-bond donors (Lipinski definition) is 2. The first-order valence-electron chi connectivity index (χ1n) is 9.39. The summed E-state index contributed by atoms with van der Waals surface area (Å²) in [6.07, 6.45) is 6.11. The summed E-state index contributed by atoms with van der Waals surface area (Å²) in [4.78, 5) is 9.32. The summed E-state index contributed by atoms with van der Waals surface area (Å²) in [6, 6.07) is 12.3. The van der Waals surface area contributed by atoms with Crippen LogP contribution in [-0.2, 0) is 4.74 Å². The second-order valence-electron chi connectivity index (χ2n) is 6.48. The van der Waals surface area contributed by atoms with Gasteiger partial charge in [0.05, 0.1) is 11.8 Å². The van der Waals surface area contributed by atoms with Gasteiger partial charge in [0.25, 0.3) is 0 Å². The van der Waals surface area contributed by atoms with E-state index in [1.165, 1.54) is 12.8 Å². The Balaban J connectivity index is 1.72.